The number of halogens is 3. The molecule has 0 aromatic heterocycles. The molecule has 0 spiro atoms. The third kappa shape index (κ3) is 7.63. The highest BCUT2D eigenvalue weighted by Crippen LogP contribution is 2.53. The minimum atomic E-state index is -3.91. The SMILES string of the molecule is CCOP(=O)(OCC)[C@@H](CC(=O)c1cccc2ccccc12)NC(=O)OCC(Cl)(Cl)Cl. The van der Waals surface area contributed by atoms with Gasteiger partial charge in [0.05, 0.1) is 13.2 Å². The Morgan fingerprint density at radius 1 is 1.03 bits per heavy atom. The molecular weight excluding hydrogens is 488 g/mol. The summed E-state index contributed by atoms with van der Waals surface area (Å²) in [6.07, 6.45) is -1.38. The molecule has 0 heterocycles. The molecule has 7 nitrogen and oxygen atoms in total. The maximum atomic E-state index is 13.3. The van der Waals surface area contributed by atoms with Crippen molar-refractivity contribution in [2.24, 2.45) is 0 Å². The molecule has 31 heavy (non-hydrogen) atoms. The van der Waals surface area contributed by atoms with Gasteiger partial charge in [0.15, 0.2) is 5.78 Å². The van der Waals surface area contributed by atoms with Gasteiger partial charge in [-0.05, 0) is 24.6 Å². The predicted octanol–water partition coefficient (Wildman–Crippen LogP) is 6.10. The molecule has 1 amide bonds. The van der Waals surface area contributed by atoms with Gasteiger partial charge in [0.2, 0.25) is 3.79 Å². The van der Waals surface area contributed by atoms with E-state index in [0.29, 0.717) is 5.56 Å². The number of carbonyl (C=O) groups excluding carboxylic acids is 2. The molecule has 0 saturated heterocycles. The molecule has 0 bridgehead atoms. The van der Waals surface area contributed by atoms with E-state index < -0.39 is 29.9 Å². The van der Waals surface area contributed by atoms with Crippen molar-refractivity contribution in [1.82, 2.24) is 5.32 Å². The summed E-state index contributed by atoms with van der Waals surface area (Å²) >= 11 is 16.8. The second-order valence-electron chi connectivity index (χ2n) is 6.38. The Balaban J connectivity index is 2.31. The number of carbonyl (C=O) groups is 2. The quantitative estimate of drug-likeness (QED) is 0.236. The van der Waals surface area contributed by atoms with Crippen LogP contribution in [0.25, 0.3) is 10.8 Å². The van der Waals surface area contributed by atoms with Crippen LogP contribution in [0.2, 0.25) is 0 Å². The van der Waals surface area contributed by atoms with Crippen molar-refractivity contribution in [3.8, 4) is 0 Å². The summed E-state index contributed by atoms with van der Waals surface area (Å²) in [4.78, 5) is 25.4. The summed E-state index contributed by atoms with van der Waals surface area (Å²) in [6, 6.07) is 12.6. The molecule has 2 aromatic carbocycles. The van der Waals surface area contributed by atoms with Crippen molar-refractivity contribution in [2.45, 2.75) is 29.8 Å². The van der Waals surface area contributed by atoms with Gasteiger partial charge in [-0.1, -0.05) is 77.3 Å². The minimum absolute atomic E-state index is 0.0428. The molecule has 170 valence electrons. The van der Waals surface area contributed by atoms with E-state index in [1.165, 1.54) is 0 Å². The summed E-state index contributed by atoms with van der Waals surface area (Å²) in [5.74, 6) is -1.66. The van der Waals surface area contributed by atoms with E-state index in [-0.39, 0.29) is 25.4 Å². The average Bonchev–Trinajstić information content (AvgIpc) is 2.71. The summed E-state index contributed by atoms with van der Waals surface area (Å²) in [5, 5.41) is 3.98. The highest BCUT2D eigenvalue weighted by atomic mass is 35.6. The molecule has 0 fully saturated rings. The van der Waals surface area contributed by atoms with Crippen LogP contribution < -0.4 is 5.32 Å². The molecule has 2 rings (SSSR count). The number of amides is 1. The monoisotopic (exact) mass is 509 g/mol. The molecule has 0 aliphatic rings. The summed E-state index contributed by atoms with van der Waals surface area (Å²) in [6.45, 7) is 2.79. The van der Waals surface area contributed by atoms with Crippen LogP contribution in [0.3, 0.4) is 0 Å². The second-order valence-corrected chi connectivity index (χ2v) is 11.1. The number of nitrogens with one attached hydrogen (secondary N) is 1. The standard InChI is InChI=1S/C20H23Cl3NO6P/c1-3-29-31(27,30-4-2)18(24-19(26)28-13-20(21,22)23)12-17(25)16-11-7-9-14-8-5-6-10-15(14)16/h5-11,18H,3-4,12-13H2,1-2H3,(H,24,26)/t18-/m0/s1. The van der Waals surface area contributed by atoms with Crippen LogP contribution in [-0.4, -0.2) is 41.3 Å². The van der Waals surface area contributed by atoms with Gasteiger partial charge in [-0.25, -0.2) is 4.79 Å². The predicted molar refractivity (Wildman–Crippen MR) is 122 cm³/mol. The molecule has 0 aliphatic carbocycles. The van der Waals surface area contributed by atoms with E-state index in [4.69, 9.17) is 48.6 Å². The Morgan fingerprint density at radius 2 is 1.65 bits per heavy atom. The molecule has 2 aromatic rings. The summed E-state index contributed by atoms with van der Waals surface area (Å²) in [7, 11) is -3.91. The number of hydrogen-bond donors (Lipinski definition) is 1. The fraction of sp³-hybridized carbons (Fsp3) is 0.400. The Bertz CT molecular complexity index is 950. The van der Waals surface area contributed by atoms with Crippen LogP contribution in [0.4, 0.5) is 4.79 Å². The Labute approximate surface area is 195 Å². The molecule has 1 N–H and O–H groups in total. The molecular formula is C20H23Cl3NO6P. The zero-order valence-corrected chi connectivity index (χ0v) is 20.1. The van der Waals surface area contributed by atoms with Gasteiger partial charge in [-0.2, -0.15) is 0 Å². The lowest BCUT2D eigenvalue weighted by atomic mass is 10.00. The number of rotatable bonds is 10. The van der Waals surface area contributed by atoms with E-state index in [1.807, 2.05) is 30.3 Å². The third-order valence-electron chi connectivity index (χ3n) is 4.12. The van der Waals surface area contributed by atoms with Gasteiger partial charge in [-0.3, -0.25) is 9.36 Å². The normalized spacial score (nSPS) is 13.1. The maximum Gasteiger partial charge on any atom is 0.408 e. The van der Waals surface area contributed by atoms with E-state index in [9.17, 15) is 14.2 Å². The zero-order valence-electron chi connectivity index (χ0n) is 17.0. The maximum absolute atomic E-state index is 13.3. The highest BCUT2D eigenvalue weighted by molar-refractivity contribution is 7.54. The summed E-state index contributed by atoms with van der Waals surface area (Å²) in [5.41, 5.74) is 0.416. The van der Waals surface area contributed by atoms with Crippen molar-refractivity contribution in [3.63, 3.8) is 0 Å². The number of fused-ring (bicyclic) bond motifs is 1. The molecule has 0 unspecified atom stereocenters. The van der Waals surface area contributed by atoms with E-state index in [2.05, 4.69) is 5.32 Å². The minimum Gasteiger partial charge on any atom is -0.445 e. The summed E-state index contributed by atoms with van der Waals surface area (Å²) < 4.78 is 27.0. The van der Waals surface area contributed by atoms with Crippen LogP contribution in [-0.2, 0) is 18.3 Å². The topological polar surface area (TPSA) is 90.9 Å². The molecule has 0 radical (unpaired) electrons. The van der Waals surface area contributed by atoms with Crippen LogP contribution >= 0.6 is 42.4 Å². The number of alkyl halides is 3. The van der Waals surface area contributed by atoms with Crippen molar-refractivity contribution in [3.05, 3.63) is 48.0 Å². The van der Waals surface area contributed by atoms with E-state index >= 15 is 0 Å². The molecule has 11 heteroatoms. The third-order valence-corrected chi connectivity index (χ3v) is 6.76. The number of hydrogen-bond acceptors (Lipinski definition) is 6. The van der Waals surface area contributed by atoms with Crippen LogP contribution in [0, 0.1) is 0 Å². The first-order valence-electron chi connectivity index (χ1n) is 9.49. The van der Waals surface area contributed by atoms with Crippen molar-refractivity contribution < 1.29 is 27.9 Å². The first-order valence-corrected chi connectivity index (χ1v) is 12.2. The zero-order chi connectivity index (χ0) is 23.1. The van der Waals surface area contributed by atoms with Crippen molar-refractivity contribution >= 4 is 65.0 Å². The molecule has 0 saturated carbocycles. The van der Waals surface area contributed by atoms with Gasteiger partial charge < -0.3 is 19.1 Å². The van der Waals surface area contributed by atoms with Gasteiger partial charge in [-0.15, -0.1) is 0 Å². The van der Waals surface area contributed by atoms with Gasteiger partial charge >= 0.3 is 13.7 Å². The van der Waals surface area contributed by atoms with Crippen molar-refractivity contribution in [2.75, 3.05) is 19.8 Å². The van der Waals surface area contributed by atoms with Crippen molar-refractivity contribution in [1.29, 1.82) is 0 Å². The number of alkyl carbamates (subject to hydrolysis) is 1. The fourth-order valence-corrected chi connectivity index (χ4v) is 4.87. The van der Waals surface area contributed by atoms with Gasteiger partial charge in [0.25, 0.3) is 0 Å². The lowest BCUT2D eigenvalue weighted by Crippen LogP contribution is -2.39. The number of ketones is 1. The lowest BCUT2D eigenvalue weighted by molar-refractivity contribution is 0.0966. The van der Waals surface area contributed by atoms with E-state index in [0.717, 1.165) is 10.8 Å². The Morgan fingerprint density at radius 3 is 2.26 bits per heavy atom. The van der Waals surface area contributed by atoms with Crippen LogP contribution in [0.5, 0.6) is 0 Å². The van der Waals surface area contributed by atoms with Crippen LogP contribution in [0.15, 0.2) is 42.5 Å². The largest absolute Gasteiger partial charge is 0.445 e. The highest BCUT2D eigenvalue weighted by Gasteiger charge is 2.39. The first kappa shape index (κ1) is 25.9. The average molecular weight is 511 g/mol. The number of benzene rings is 2. The van der Waals surface area contributed by atoms with E-state index in [1.54, 1.807) is 26.0 Å². The Hall–Kier alpha value is -1.34. The molecule has 1 atom stereocenters. The van der Waals surface area contributed by atoms with Crippen LogP contribution in [0.1, 0.15) is 30.6 Å². The molecule has 0 aliphatic heterocycles. The number of ether oxygens (including phenoxy) is 1. The van der Waals surface area contributed by atoms with Gasteiger partial charge in [0, 0.05) is 12.0 Å². The van der Waals surface area contributed by atoms with Gasteiger partial charge in [0.1, 0.15) is 12.4 Å². The lowest BCUT2D eigenvalue weighted by Gasteiger charge is -2.26. The Kier molecular flexibility index (Phi) is 9.62. The number of Topliss-reactive ketones (excluding diaryl/α,β-unsaturated/α-hetero) is 1. The fourth-order valence-electron chi connectivity index (χ4n) is 2.90. The second kappa shape index (κ2) is 11.5. The first-order chi connectivity index (χ1) is 14.6. The smallest absolute Gasteiger partial charge is 0.408 e.